The molecule has 5 nitrogen and oxygen atoms in total. The largest absolute Gasteiger partial charge is 0.461 e. The summed E-state index contributed by atoms with van der Waals surface area (Å²) in [5.41, 5.74) is 6.16. The Hall–Kier alpha value is -3.41. The van der Waals surface area contributed by atoms with Crippen molar-refractivity contribution in [2.24, 2.45) is 11.8 Å². The van der Waals surface area contributed by atoms with Crippen molar-refractivity contribution in [2.45, 2.75) is 91.3 Å². The van der Waals surface area contributed by atoms with Crippen LogP contribution >= 0.6 is 0 Å². The highest BCUT2D eigenvalue weighted by molar-refractivity contribution is 5.90. The molecule has 1 heterocycles. The van der Waals surface area contributed by atoms with E-state index >= 15 is 0 Å². The molecule has 5 heteroatoms. The molecule has 4 rings (SSSR count). The van der Waals surface area contributed by atoms with Gasteiger partial charge in [0.1, 0.15) is 6.26 Å². The Kier molecular flexibility index (Phi) is 11.3. The third-order valence-electron chi connectivity index (χ3n) is 8.32. The minimum Gasteiger partial charge on any atom is -0.461 e. The Labute approximate surface area is 270 Å². The summed E-state index contributed by atoms with van der Waals surface area (Å²) in [5.74, 6) is -1.40. The van der Waals surface area contributed by atoms with Crippen molar-refractivity contribution < 1.29 is 23.7 Å². The Morgan fingerprint density at radius 3 is 1.56 bits per heavy atom. The Bertz CT molecular complexity index is 1320. The maximum absolute atomic E-state index is 14.2. The monoisotopic (exact) mass is 612 g/mol. The van der Waals surface area contributed by atoms with E-state index in [9.17, 15) is 4.79 Å². The lowest BCUT2D eigenvalue weighted by molar-refractivity contribution is -0.232. The highest BCUT2D eigenvalue weighted by Gasteiger charge is 2.48. The van der Waals surface area contributed by atoms with Crippen LogP contribution in [0.3, 0.4) is 0 Å². The quantitative estimate of drug-likeness (QED) is 0.170. The first-order valence-electron chi connectivity index (χ1n) is 16.3. The van der Waals surface area contributed by atoms with E-state index in [2.05, 4.69) is 104 Å². The summed E-state index contributed by atoms with van der Waals surface area (Å²) < 4.78 is 24.4. The SMILES string of the molecule is CC(COC(OCC(C)Cc1ccc(C(C)(C)C)cc1)(C(=O)Cc1ccccc1)C1=COCO1)Cc1ccc(C(C)(C)C)cc1. The molecule has 0 saturated heterocycles. The van der Waals surface area contributed by atoms with Gasteiger partial charge in [0.25, 0.3) is 5.79 Å². The third-order valence-corrected chi connectivity index (χ3v) is 8.32. The van der Waals surface area contributed by atoms with Crippen molar-refractivity contribution >= 4 is 5.78 Å². The van der Waals surface area contributed by atoms with Gasteiger partial charge >= 0.3 is 0 Å². The van der Waals surface area contributed by atoms with Crippen molar-refractivity contribution in [2.75, 3.05) is 20.0 Å². The summed E-state index contributed by atoms with van der Waals surface area (Å²) in [7, 11) is 0. The maximum Gasteiger partial charge on any atom is 0.293 e. The lowest BCUT2D eigenvalue weighted by Gasteiger charge is -2.34. The zero-order valence-corrected chi connectivity index (χ0v) is 28.5. The number of ether oxygens (including phenoxy) is 4. The molecular weight excluding hydrogens is 560 g/mol. The van der Waals surface area contributed by atoms with Gasteiger partial charge in [-0.25, -0.2) is 0 Å². The van der Waals surface area contributed by atoms with Crippen LogP contribution in [0.15, 0.2) is 90.9 Å². The normalized spacial score (nSPS) is 16.2. The molecule has 0 N–H and O–H groups in total. The Morgan fingerprint density at radius 1 is 0.689 bits per heavy atom. The van der Waals surface area contributed by atoms with E-state index in [1.54, 1.807) is 0 Å². The number of rotatable bonds is 14. The number of carbonyl (C=O) groups is 1. The predicted octanol–water partition coefficient (Wildman–Crippen LogP) is 8.73. The molecule has 242 valence electrons. The summed E-state index contributed by atoms with van der Waals surface area (Å²) in [6.45, 7) is 18.2. The first-order chi connectivity index (χ1) is 21.3. The summed E-state index contributed by atoms with van der Waals surface area (Å²) in [6, 6.07) is 27.2. The van der Waals surface area contributed by atoms with Crippen molar-refractivity contribution in [3.8, 4) is 0 Å². The van der Waals surface area contributed by atoms with Crippen LogP contribution in [-0.4, -0.2) is 31.6 Å². The van der Waals surface area contributed by atoms with Crippen LogP contribution in [0.4, 0.5) is 0 Å². The minimum atomic E-state index is -1.71. The highest BCUT2D eigenvalue weighted by Crippen LogP contribution is 2.33. The van der Waals surface area contributed by atoms with Gasteiger partial charge in [-0.15, -0.1) is 0 Å². The van der Waals surface area contributed by atoms with Gasteiger partial charge in [0.2, 0.25) is 18.3 Å². The molecule has 1 aliphatic heterocycles. The fourth-order valence-electron chi connectivity index (χ4n) is 5.52. The molecule has 3 aromatic rings. The fraction of sp³-hybridized carbons (Fsp3) is 0.475. The van der Waals surface area contributed by atoms with Crippen LogP contribution in [-0.2, 0) is 53.8 Å². The van der Waals surface area contributed by atoms with E-state index in [1.165, 1.54) is 28.5 Å². The number of carbonyl (C=O) groups excluding carboxylic acids is 1. The molecule has 0 saturated carbocycles. The van der Waals surface area contributed by atoms with Crippen molar-refractivity contribution in [1.29, 1.82) is 0 Å². The molecule has 0 radical (unpaired) electrons. The molecule has 2 unspecified atom stereocenters. The average Bonchev–Trinajstić information content (AvgIpc) is 3.53. The van der Waals surface area contributed by atoms with E-state index in [-0.39, 0.29) is 47.4 Å². The van der Waals surface area contributed by atoms with Gasteiger partial charge in [-0.2, -0.15) is 0 Å². The first kappa shape index (κ1) is 34.5. The molecular formula is C40H52O5. The summed E-state index contributed by atoms with van der Waals surface area (Å²) >= 11 is 0. The van der Waals surface area contributed by atoms with Gasteiger partial charge in [-0.1, -0.05) is 134 Å². The molecule has 1 aliphatic rings. The summed E-state index contributed by atoms with van der Waals surface area (Å²) in [5, 5.41) is 0. The molecule has 0 amide bonds. The van der Waals surface area contributed by atoms with E-state index in [4.69, 9.17) is 18.9 Å². The van der Waals surface area contributed by atoms with E-state index in [1.807, 2.05) is 30.3 Å². The van der Waals surface area contributed by atoms with E-state index < -0.39 is 5.79 Å². The maximum atomic E-state index is 14.2. The van der Waals surface area contributed by atoms with Crippen LogP contribution in [0.25, 0.3) is 0 Å². The molecule has 0 aromatic heterocycles. The standard InChI is InChI=1S/C40H52O5/c1-29(22-32-14-18-34(19-15-32)38(3,4)5)25-44-40(37-27-42-28-43-37,36(41)24-31-12-10-9-11-13-31)45-26-30(2)23-33-16-20-35(21-17-33)39(6,7)8/h9-21,27,29-30H,22-26,28H2,1-8H3. The molecule has 0 aliphatic carbocycles. The van der Waals surface area contributed by atoms with E-state index in [0.29, 0.717) is 13.2 Å². The summed E-state index contributed by atoms with van der Waals surface area (Å²) in [4.78, 5) is 14.2. The topological polar surface area (TPSA) is 54.0 Å². The Balaban J connectivity index is 1.52. The molecule has 3 aromatic carbocycles. The number of benzene rings is 3. The van der Waals surface area contributed by atoms with Gasteiger partial charge in [0.05, 0.1) is 13.2 Å². The second-order valence-electron chi connectivity index (χ2n) is 14.7. The van der Waals surface area contributed by atoms with Gasteiger partial charge in [-0.3, -0.25) is 4.79 Å². The van der Waals surface area contributed by atoms with Crippen LogP contribution in [0.5, 0.6) is 0 Å². The van der Waals surface area contributed by atoms with Gasteiger partial charge in [0.15, 0.2) is 0 Å². The zero-order valence-electron chi connectivity index (χ0n) is 28.5. The van der Waals surface area contributed by atoms with Crippen molar-refractivity contribution in [3.63, 3.8) is 0 Å². The first-order valence-corrected chi connectivity index (χ1v) is 16.3. The molecule has 0 fully saturated rings. The van der Waals surface area contributed by atoms with Gasteiger partial charge in [0, 0.05) is 6.42 Å². The molecule has 0 spiro atoms. The van der Waals surface area contributed by atoms with Crippen LogP contribution < -0.4 is 0 Å². The molecule has 45 heavy (non-hydrogen) atoms. The second kappa shape index (κ2) is 14.8. The lowest BCUT2D eigenvalue weighted by atomic mass is 9.86. The Morgan fingerprint density at radius 2 is 1.16 bits per heavy atom. The number of ketones is 1. The fourth-order valence-corrected chi connectivity index (χ4v) is 5.52. The second-order valence-corrected chi connectivity index (χ2v) is 14.7. The predicted molar refractivity (Wildman–Crippen MR) is 181 cm³/mol. The number of Topliss-reactive ketones (excluding diaryl/α,β-unsaturated/α-hetero) is 1. The third kappa shape index (κ3) is 9.54. The van der Waals surface area contributed by atoms with Gasteiger partial charge in [-0.05, 0) is 63.3 Å². The molecule has 2 atom stereocenters. The minimum absolute atomic E-state index is 0.0216. The van der Waals surface area contributed by atoms with Crippen molar-refractivity contribution in [1.82, 2.24) is 0 Å². The number of hydrogen-bond donors (Lipinski definition) is 0. The lowest BCUT2D eigenvalue weighted by Crippen LogP contribution is -2.49. The van der Waals surface area contributed by atoms with Gasteiger partial charge < -0.3 is 18.9 Å². The summed E-state index contributed by atoms with van der Waals surface area (Å²) in [6.07, 6.45) is 3.23. The highest BCUT2D eigenvalue weighted by atomic mass is 16.8. The smallest absolute Gasteiger partial charge is 0.293 e. The van der Waals surface area contributed by atoms with Crippen LogP contribution in [0, 0.1) is 11.8 Å². The zero-order chi connectivity index (χ0) is 32.7. The average molecular weight is 613 g/mol. The van der Waals surface area contributed by atoms with Crippen LogP contribution in [0.1, 0.15) is 83.2 Å². The van der Waals surface area contributed by atoms with Crippen LogP contribution in [0.2, 0.25) is 0 Å². The van der Waals surface area contributed by atoms with Crippen molar-refractivity contribution in [3.05, 3.63) is 119 Å². The van der Waals surface area contributed by atoms with E-state index in [0.717, 1.165) is 18.4 Å². The molecule has 0 bridgehead atoms. The number of hydrogen-bond acceptors (Lipinski definition) is 5.